The zero-order chi connectivity index (χ0) is 18.9. The van der Waals surface area contributed by atoms with Gasteiger partial charge in [-0.15, -0.1) is 11.3 Å². The van der Waals surface area contributed by atoms with Crippen LogP contribution in [-0.4, -0.2) is 30.0 Å². The van der Waals surface area contributed by atoms with E-state index < -0.39 is 5.97 Å². The standard InChI is InChI=1S/C19H25N3O3S/c1-4-14-5-7-15(8-6-14)21-17(23)11-25-18(24)16-12-26-19(22-16)20-10-9-13(2)3/h5-8,12-13H,4,9-11H2,1-3H3,(H,20,22)(H,21,23). The molecule has 2 rings (SSSR count). The summed E-state index contributed by atoms with van der Waals surface area (Å²) in [5.74, 6) is -0.383. The molecule has 0 saturated carbocycles. The van der Waals surface area contributed by atoms with E-state index in [2.05, 4.69) is 36.4 Å². The molecule has 2 N–H and O–H groups in total. The largest absolute Gasteiger partial charge is 0.451 e. The fraction of sp³-hybridized carbons (Fsp3) is 0.421. The highest BCUT2D eigenvalue weighted by atomic mass is 32.1. The fourth-order valence-corrected chi connectivity index (χ4v) is 2.85. The average Bonchev–Trinajstić information content (AvgIpc) is 3.09. The number of hydrogen-bond donors (Lipinski definition) is 2. The second-order valence-corrected chi connectivity index (χ2v) is 7.18. The first-order valence-electron chi connectivity index (χ1n) is 8.73. The van der Waals surface area contributed by atoms with Crippen molar-refractivity contribution in [2.75, 3.05) is 23.8 Å². The summed E-state index contributed by atoms with van der Waals surface area (Å²) >= 11 is 1.35. The van der Waals surface area contributed by atoms with Gasteiger partial charge in [-0.05, 0) is 36.5 Å². The summed E-state index contributed by atoms with van der Waals surface area (Å²) in [5, 5.41) is 8.18. The fourth-order valence-electron chi connectivity index (χ4n) is 2.14. The summed E-state index contributed by atoms with van der Waals surface area (Å²) in [6.07, 6.45) is 1.96. The van der Waals surface area contributed by atoms with E-state index in [0.29, 0.717) is 16.7 Å². The van der Waals surface area contributed by atoms with Crippen LogP contribution in [0.4, 0.5) is 10.8 Å². The normalized spacial score (nSPS) is 10.6. The van der Waals surface area contributed by atoms with Crippen molar-refractivity contribution in [1.29, 1.82) is 0 Å². The van der Waals surface area contributed by atoms with Crippen molar-refractivity contribution in [2.24, 2.45) is 5.92 Å². The van der Waals surface area contributed by atoms with Crippen LogP contribution in [0.25, 0.3) is 0 Å². The van der Waals surface area contributed by atoms with Gasteiger partial charge in [-0.2, -0.15) is 0 Å². The number of nitrogens with zero attached hydrogens (tertiary/aromatic N) is 1. The molecule has 1 amide bonds. The molecule has 0 spiro atoms. The van der Waals surface area contributed by atoms with Crippen molar-refractivity contribution in [1.82, 2.24) is 4.98 Å². The van der Waals surface area contributed by atoms with Crippen molar-refractivity contribution < 1.29 is 14.3 Å². The summed E-state index contributed by atoms with van der Waals surface area (Å²) in [5.41, 5.74) is 2.08. The molecule has 1 aromatic heterocycles. The lowest BCUT2D eigenvalue weighted by Gasteiger charge is -2.06. The van der Waals surface area contributed by atoms with Gasteiger partial charge in [0.15, 0.2) is 17.4 Å². The van der Waals surface area contributed by atoms with Crippen molar-refractivity contribution >= 4 is 34.0 Å². The molecule has 7 heteroatoms. The molecular weight excluding hydrogens is 350 g/mol. The van der Waals surface area contributed by atoms with E-state index in [4.69, 9.17) is 4.74 Å². The third-order valence-corrected chi connectivity index (χ3v) is 4.49. The van der Waals surface area contributed by atoms with Crippen LogP contribution in [0.3, 0.4) is 0 Å². The van der Waals surface area contributed by atoms with E-state index in [9.17, 15) is 9.59 Å². The minimum absolute atomic E-state index is 0.210. The maximum atomic E-state index is 12.0. The van der Waals surface area contributed by atoms with Crippen LogP contribution in [-0.2, 0) is 16.0 Å². The molecule has 1 aromatic carbocycles. The molecule has 0 unspecified atom stereocenters. The number of ether oxygens (including phenoxy) is 1. The predicted octanol–water partition coefficient (Wildman–Crippen LogP) is 3.96. The third kappa shape index (κ3) is 6.48. The van der Waals surface area contributed by atoms with Gasteiger partial charge in [0.1, 0.15) is 0 Å². The molecule has 0 atom stereocenters. The van der Waals surface area contributed by atoms with Crippen molar-refractivity contribution in [3.63, 3.8) is 0 Å². The number of rotatable bonds is 9. The van der Waals surface area contributed by atoms with E-state index >= 15 is 0 Å². The Morgan fingerprint density at radius 1 is 1.23 bits per heavy atom. The number of aryl methyl sites for hydroxylation is 1. The number of esters is 1. The Labute approximate surface area is 158 Å². The Bertz CT molecular complexity index is 726. The van der Waals surface area contributed by atoms with E-state index in [-0.39, 0.29) is 18.2 Å². The van der Waals surface area contributed by atoms with Gasteiger partial charge in [-0.3, -0.25) is 4.79 Å². The van der Waals surface area contributed by atoms with Crippen LogP contribution >= 0.6 is 11.3 Å². The summed E-state index contributed by atoms with van der Waals surface area (Å²) in [7, 11) is 0. The van der Waals surface area contributed by atoms with Gasteiger partial charge in [-0.25, -0.2) is 9.78 Å². The first-order chi connectivity index (χ1) is 12.5. The number of aromatic nitrogens is 1. The van der Waals surface area contributed by atoms with Crippen molar-refractivity contribution in [3.8, 4) is 0 Å². The van der Waals surface area contributed by atoms with E-state index in [0.717, 1.165) is 19.4 Å². The molecule has 0 radical (unpaired) electrons. The number of benzene rings is 1. The Balaban J connectivity index is 1.76. The molecule has 1 heterocycles. The van der Waals surface area contributed by atoms with Crippen LogP contribution in [0.15, 0.2) is 29.6 Å². The average molecular weight is 375 g/mol. The molecule has 0 aliphatic heterocycles. The number of anilines is 2. The Kier molecular flexibility index (Phi) is 7.59. The summed E-state index contributed by atoms with van der Waals surface area (Å²) < 4.78 is 5.03. The molecule has 0 aliphatic carbocycles. The first kappa shape index (κ1) is 19.9. The number of amides is 1. The van der Waals surface area contributed by atoms with Crippen LogP contribution in [0.2, 0.25) is 0 Å². The van der Waals surface area contributed by atoms with Gasteiger partial charge in [0.2, 0.25) is 0 Å². The summed E-state index contributed by atoms with van der Waals surface area (Å²) in [6, 6.07) is 7.55. The van der Waals surface area contributed by atoms with Gasteiger partial charge >= 0.3 is 5.97 Å². The lowest BCUT2D eigenvalue weighted by Crippen LogP contribution is -2.21. The summed E-state index contributed by atoms with van der Waals surface area (Å²) in [4.78, 5) is 28.1. The topological polar surface area (TPSA) is 80.3 Å². The highest BCUT2D eigenvalue weighted by molar-refractivity contribution is 7.13. The second kappa shape index (κ2) is 9.91. The molecule has 0 aliphatic rings. The lowest BCUT2D eigenvalue weighted by atomic mass is 10.1. The van der Waals surface area contributed by atoms with Gasteiger partial charge < -0.3 is 15.4 Å². The minimum Gasteiger partial charge on any atom is -0.451 e. The van der Waals surface area contributed by atoms with E-state index in [1.807, 2.05) is 24.3 Å². The zero-order valence-electron chi connectivity index (χ0n) is 15.4. The lowest BCUT2D eigenvalue weighted by molar-refractivity contribution is -0.119. The highest BCUT2D eigenvalue weighted by Crippen LogP contribution is 2.16. The van der Waals surface area contributed by atoms with Crippen molar-refractivity contribution in [2.45, 2.75) is 33.6 Å². The molecule has 0 fully saturated rings. The molecule has 0 saturated heterocycles. The number of thiazole rings is 1. The highest BCUT2D eigenvalue weighted by Gasteiger charge is 2.14. The second-order valence-electron chi connectivity index (χ2n) is 6.32. The SMILES string of the molecule is CCc1ccc(NC(=O)COC(=O)c2csc(NCCC(C)C)n2)cc1. The van der Waals surface area contributed by atoms with Crippen LogP contribution in [0.1, 0.15) is 43.2 Å². The van der Waals surface area contributed by atoms with Crippen LogP contribution in [0, 0.1) is 5.92 Å². The molecule has 26 heavy (non-hydrogen) atoms. The molecule has 2 aromatic rings. The zero-order valence-corrected chi connectivity index (χ0v) is 16.2. The molecule has 140 valence electrons. The summed E-state index contributed by atoms with van der Waals surface area (Å²) in [6.45, 7) is 6.82. The first-order valence-corrected chi connectivity index (χ1v) is 9.61. The van der Waals surface area contributed by atoms with E-state index in [1.165, 1.54) is 16.9 Å². The van der Waals surface area contributed by atoms with Gasteiger partial charge in [0.05, 0.1) is 0 Å². The molecular formula is C19H25N3O3S. The van der Waals surface area contributed by atoms with Crippen LogP contribution < -0.4 is 10.6 Å². The maximum Gasteiger partial charge on any atom is 0.358 e. The quantitative estimate of drug-likeness (QED) is 0.649. The smallest absolute Gasteiger partial charge is 0.358 e. The Morgan fingerprint density at radius 3 is 2.62 bits per heavy atom. The predicted molar refractivity (Wildman–Crippen MR) is 105 cm³/mol. The number of carbonyl (C=O) groups is 2. The van der Waals surface area contributed by atoms with Crippen LogP contribution in [0.5, 0.6) is 0 Å². The minimum atomic E-state index is -0.602. The number of hydrogen-bond acceptors (Lipinski definition) is 6. The van der Waals surface area contributed by atoms with Gasteiger partial charge in [0.25, 0.3) is 5.91 Å². The number of nitrogens with one attached hydrogen (secondary N) is 2. The molecule has 6 nitrogen and oxygen atoms in total. The van der Waals surface area contributed by atoms with Crippen molar-refractivity contribution in [3.05, 3.63) is 40.9 Å². The molecule has 0 bridgehead atoms. The Hall–Kier alpha value is -2.41. The maximum absolute atomic E-state index is 12.0. The monoisotopic (exact) mass is 375 g/mol. The third-order valence-electron chi connectivity index (χ3n) is 3.69. The Morgan fingerprint density at radius 2 is 1.96 bits per heavy atom. The van der Waals surface area contributed by atoms with Gasteiger partial charge in [0, 0.05) is 17.6 Å². The van der Waals surface area contributed by atoms with Gasteiger partial charge in [-0.1, -0.05) is 32.9 Å². The van der Waals surface area contributed by atoms with E-state index in [1.54, 1.807) is 5.38 Å². The number of carbonyl (C=O) groups excluding carboxylic acids is 2.